The normalized spacial score (nSPS) is 15.5. The first-order chi connectivity index (χ1) is 11.7. The van der Waals surface area contributed by atoms with Crippen LogP contribution in [0, 0.1) is 0 Å². The maximum Gasteiger partial charge on any atom is 0.303 e. The number of benzene rings is 1. The molecule has 24 heavy (non-hydrogen) atoms. The van der Waals surface area contributed by atoms with Crippen LogP contribution in [-0.2, 0) is 9.59 Å². The molecule has 1 aliphatic rings. The monoisotopic (exact) mass is 329 g/mol. The zero-order valence-electron chi connectivity index (χ0n) is 14.2. The van der Waals surface area contributed by atoms with Crippen LogP contribution in [0.3, 0.4) is 0 Å². The predicted octanol–water partition coefficient (Wildman–Crippen LogP) is 4.55. The van der Waals surface area contributed by atoms with Crippen LogP contribution in [0.15, 0.2) is 42.5 Å². The van der Waals surface area contributed by atoms with Crippen LogP contribution in [0.5, 0.6) is 0 Å². The van der Waals surface area contributed by atoms with E-state index in [4.69, 9.17) is 5.11 Å². The molecule has 0 saturated heterocycles. The average molecular weight is 329 g/mol. The second kappa shape index (κ2) is 9.91. The molecule has 130 valence electrons. The quantitative estimate of drug-likeness (QED) is 0.712. The maximum atomic E-state index is 12.8. The lowest BCUT2D eigenvalue weighted by Gasteiger charge is -2.34. The highest BCUT2D eigenvalue weighted by molar-refractivity contribution is 5.94. The Labute approximate surface area is 144 Å². The highest BCUT2D eigenvalue weighted by atomic mass is 16.4. The van der Waals surface area contributed by atoms with Gasteiger partial charge in [0.2, 0.25) is 5.91 Å². The van der Waals surface area contributed by atoms with Crippen LogP contribution in [0.4, 0.5) is 5.69 Å². The van der Waals surface area contributed by atoms with Gasteiger partial charge in [-0.15, -0.1) is 0 Å². The Balaban J connectivity index is 1.93. The van der Waals surface area contributed by atoms with E-state index in [2.05, 4.69) is 0 Å². The van der Waals surface area contributed by atoms with Gasteiger partial charge in [-0.25, -0.2) is 0 Å². The Morgan fingerprint density at radius 2 is 1.62 bits per heavy atom. The number of hydrogen-bond donors (Lipinski definition) is 1. The fraction of sp³-hybridized carbons (Fsp3) is 0.500. The largest absolute Gasteiger partial charge is 0.481 e. The summed E-state index contributed by atoms with van der Waals surface area (Å²) < 4.78 is 0. The lowest BCUT2D eigenvalue weighted by molar-refractivity contribution is -0.136. The minimum absolute atomic E-state index is 0.142. The fourth-order valence-electron chi connectivity index (χ4n) is 3.26. The number of aliphatic carboxylic acids is 1. The van der Waals surface area contributed by atoms with Crippen LogP contribution in [0.25, 0.3) is 0 Å². The third kappa shape index (κ3) is 5.84. The number of carbonyl (C=O) groups is 2. The van der Waals surface area contributed by atoms with E-state index in [9.17, 15) is 9.59 Å². The number of carboxylic acids is 1. The SMILES string of the molecule is O=C(O)CC/C=C/CCC(=O)N(c1ccccc1)C1CCCCC1. The van der Waals surface area contributed by atoms with Gasteiger partial charge in [0.05, 0.1) is 0 Å². The van der Waals surface area contributed by atoms with E-state index in [0.717, 1.165) is 18.5 Å². The molecule has 4 nitrogen and oxygen atoms in total. The standard InChI is InChI=1S/C20H27NO3/c22-19(15-9-1-2-10-16-20(23)24)21(17-11-5-3-6-12-17)18-13-7-4-8-14-18/h1-3,5-6,11-12,18H,4,7-10,13-16H2,(H,23,24)/b2-1+. The molecule has 0 unspecified atom stereocenters. The Hall–Kier alpha value is -2.10. The molecule has 4 heteroatoms. The van der Waals surface area contributed by atoms with Gasteiger partial charge >= 0.3 is 5.97 Å². The van der Waals surface area contributed by atoms with E-state index >= 15 is 0 Å². The Kier molecular flexibility index (Phi) is 7.53. The van der Waals surface area contributed by atoms with E-state index in [1.165, 1.54) is 19.3 Å². The molecule has 2 rings (SSSR count). The summed E-state index contributed by atoms with van der Waals surface area (Å²) in [5, 5.41) is 8.61. The zero-order chi connectivity index (χ0) is 17.2. The first-order valence-electron chi connectivity index (χ1n) is 8.92. The van der Waals surface area contributed by atoms with Crippen molar-refractivity contribution in [3.63, 3.8) is 0 Å². The van der Waals surface area contributed by atoms with E-state index in [1.54, 1.807) is 0 Å². The Bertz CT molecular complexity index is 547. The molecule has 0 spiro atoms. The van der Waals surface area contributed by atoms with Gasteiger partial charge in [0.25, 0.3) is 0 Å². The van der Waals surface area contributed by atoms with Crippen molar-refractivity contribution in [2.24, 2.45) is 0 Å². The van der Waals surface area contributed by atoms with Gasteiger partial charge in [-0.1, -0.05) is 49.6 Å². The molecule has 1 fully saturated rings. The summed E-state index contributed by atoms with van der Waals surface area (Å²) in [6.45, 7) is 0. The average Bonchev–Trinajstić information content (AvgIpc) is 2.60. The third-order valence-corrected chi connectivity index (χ3v) is 4.46. The van der Waals surface area contributed by atoms with Crippen molar-refractivity contribution in [1.82, 2.24) is 0 Å². The van der Waals surface area contributed by atoms with Gasteiger partial charge in [-0.2, -0.15) is 0 Å². The lowest BCUT2D eigenvalue weighted by atomic mass is 9.93. The Morgan fingerprint density at radius 3 is 2.25 bits per heavy atom. The number of amides is 1. The second-order valence-corrected chi connectivity index (χ2v) is 6.33. The van der Waals surface area contributed by atoms with Crippen molar-refractivity contribution in [2.45, 2.75) is 63.8 Å². The van der Waals surface area contributed by atoms with Gasteiger partial charge in [0, 0.05) is 24.6 Å². The topological polar surface area (TPSA) is 57.6 Å². The molecule has 1 aromatic carbocycles. The minimum Gasteiger partial charge on any atom is -0.481 e. The summed E-state index contributed by atoms with van der Waals surface area (Å²) in [5.74, 6) is -0.626. The molecule has 1 aromatic rings. The lowest BCUT2D eigenvalue weighted by Crippen LogP contribution is -2.41. The molecule has 0 bridgehead atoms. The number of allylic oxidation sites excluding steroid dienone is 2. The number of carboxylic acid groups (broad SMARTS) is 1. The third-order valence-electron chi connectivity index (χ3n) is 4.46. The van der Waals surface area contributed by atoms with Gasteiger partial charge in [-0.05, 0) is 37.8 Å². The summed E-state index contributed by atoms with van der Waals surface area (Å²) in [6.07, 6.45) is 11.4. The molecule has 0 atom stereocenters. The molecule has 1 amide bonds. The van der Waals surface area contributed by atoms with Crippen LogP contribution in [0.2, 0.25) is 0 Å². The van der Waals surface area contributed by atoms with Crippen LogP contribution in [0.1, 0.15) is 57.8 Å². The van der Waals surface area contributed by atoms with Gasteiger partial charge < -0.3 is 10.0 Å². The van der Waals surface area contributed by atoms with Gasteiger partial charge in [-0.3, -0.25) is 9.59 Å². The second-order valence-electron chi connectivity index (χ2n) is 6.33. The summed E-state index contributed by atoms with van der Waals surface area (Å²) >= 11 is 0. The van der Waals surface area contributed by atoms with Crippen LogP contribution < -0.4 is 4.90 Å². The maximum absolute atomic E-state index is 12.8. The fourth-order valence-corrected chi connectivity index (χ4v) is 3.26. The van der Waals surface area contributed by atoms with Crippen molar-refractivity contribution in [3.8, 4) is 0 Å². The molecule has 0 radical (unpaired) electrons. The molecular formula is C20H27NO3. The molecule has 1 N–H and O–H groups in total. The highest BCUT2D eigenvalue weighted by Crippen LogP contribution is 2.28. The van der Waals surface area contributed by atoms with Crippen molar-refractivity contribution < 1.29 is 14.7 Å². The molecule has 0 heterocycles. The van der Waals surface area contributed by atoms with Crippen molar-refractivity contribution in [3.05, 3.63) is 42.5 Å². The van der Waals surface area contributed by atoms with E-state index in [0.29, 0.717) is 25.3 Å². The number of nitrogens with zero attached hydrogens (tertiary/aromatic N) is 1. The van der Waals surface area contributed by atoms with Crippen LogP contribution >= 0.6 is 0 Å². The van der Waals surface area contributed by atoms with Gasteiger partial charge in [0.15, 0.2) is 0 Å². The minimum atomic E-state index is -0.789. The summed E-state index contributed by atoms with van der Waals surface area (Å²) in [5.41, 5.74) is 0.990. The van der Waals surface area contributed by atoms with E-state index < -0.39 is 5.97 Å². The van der Waals surface area contributed by atoms with Crippen molar-refractivity contribution >= 4 is 17.6 Å². The number of anilines is 1. The number of hydrogen-bond acceptors (Lipinski definition) is 2. The predicted molar refractivity (Wildman–Crippen MR) is 96.0 cm³/mol. The Morgan fingerprint density at radius 1 is 1.00 bits per heavy atom. The molecular weight excluding hydrogens is 302 g/mol. The summed E-state index contributed by atoms with van der Waals surface area (Å²) in [7, 11) is 0. The molecule has 1 saturated carbocycles. The first-order valence-corrected chi connectivity index (χ1v) is 8.92. The van der Waals surface area contributed by atoms with E-state index in [1.807, 2.05) is 47.4 Å². The number of carbonyl (C=O) groups excluding carboxylic acids is 1. The smallest absolute Gasteiger partial charge is 0.303 e. The molecule has 0 aliphatic heterocycles. The summed E-state index contributed by atoms with van der Waals surface area (Å²) in [4.78, 5) is 25.2. The van der Waals surface area contributed by atoms with Crippen LogP contribution in [-0.4, -0.2) is 23.0 Å². The number of rotatable bonds is 8. The number of para-hydroxylation sites is 1. The zero-order valence-corrected chi connectivity index (χ0v) is 14.2. The molecule has 0 aromatic heterocycles. The molecule has 1 aliphatic carbocycles. The van der Waals surface area contributed by atoms with E-state index in [-0.39, 0.29) is 12.3 Å². The van der Waals surface area contributed by atoms with Crippen molar-refractivity contribution in [2.75, 3.05) is 4.90 Å². The first kappa shape index (κ1) is 18.2. The van der Waals surface area contributed by atoms with Crippen molar-refractivity contribution in [1.29, 1.82) is 0 Å². The highest BCUT2D eigenvalue weighted by Gasteiger charge is 2.26. The summed E-state index contributed by atoms with van der Waals surface area (Å²) in [6, 6.07) is 10.3. The van der Waals surface area contributed by atoms with Gasteiger partial charge in [0.1, 0.15) is 0 Å².